The Hall–Kier alpha value is -1.21. The Balaban J connectivity index is 0.00000361. The minimum Gasteiger partial charge on any atom is -0.341 e. The van der Waals surface area contributed by atoms with Crippen LogP contribution in [-0.4, -0.2) is 40.2 Å². The van der Waals surface area contributed by atoms with Crippen molar-refractivity contribution in [1.29, 1.82) is 0 Å². The molecule has 1 unspecified atom stereocenters. The van der Waals surface area contributed by atoms with Gasteiger partial charge in [0.25, 0.3) is 0 Å². The molecule has 1 rings (SSSR count). The molecule has 0 aliphatic heterocycles. The number of hydrogen-bond acceptors (Lipinski definition) is 3. The fraction of sp³-hybridized carbons (Fsp3) is 0.667. The van der Waals surface area contributed by atoms with Gasteiger partial charge in [0.2, 0.25) is 5.91 Å². The Morgan fingerprint density at radius 1 is 1.45 bits per heavy atom. The Kier molecular flexibility index (Phi) is 7.08. The van der Waals surface area contributed by atoms with Crippen molar-refractivity contribution in [1.82, 2.24) is 14.7 Å². The van der Waals surface area contributed by atoms with E-state index in [0.717, 1.165) is 0 Å². The predicted octanol–water partition coefficient (Wildman–Crippen LogP) is 1.66. The van der Waals surface area contributed by atoms with E-state index in [0.29, 0.717) is 28.2 Å². The van der Waals surface area contributed by atoms with Crippen LogP contribution >= 0.6 is 12.4 Å². The van der Waals surface area contributed by atoms with Crippen LogP contribution in [0.3, 0.4) is 0 Å². The Morgan fingerprint density at radius 3 is 2.40 bits per heavy atom. The maximum absolute atomic E-state index is 12.7. The van der Waals surface area contributed by atoms with Crippen molar-refractivity contribution in [2.45, 2.75) is 39.8 Å². The molecule has 0 fully saturated rings. The molecule has 0 radical (unpaired) electrons. The molecule has 2 N–H and O–H groups in total. The maximum atomic E-state index is 12.7. The van der Waals surface area contributed by atoms with Gasteiger partial charge in [0.05, 0.1) is 12.1 Å². The van der Waals surface area contributed by atoms with Gasteiger partial charge >= 0.3 is 6.55 Å². The third-order valence-corrected chi connectivity index (χ3v) is 3.38. The van der Waals surface area contributed by atoms with Crippen LogP contribution < -0.4 is 5.73 Å². The highest BCUT2D eigenvalue weighted by molar-refractivity contribution is 5.85. The minimum atomic E-state index is -2.69. The summed E-state index contributed by atoms with van der Waals surface area (Å²) in [5, 5.41) is 3.76. The van der Waals surface area contributed by atoms with Gasteiger partial charge in [0.15, 0.2) is 0 Å². The summed E-state index contributed by atoms with van der Waals surface area (Å²) in [5.41, 5.74) is 6.84. The van der Waals surface area contributed by atoms with E-state index < -0.39 is 6.55 Å². The first kappa shape index (κ1) is 18.8. The summed E-state index contributed by atoms with van der Waals surface area (Å²) >= 11 is 0. The molecule has 1 aromatic rings. The van der Waals surface area contributed by atoms with Crippen molar-refractivity contribution in [2.75, 3.05) is 13.6 Å². The first-order valence-corrected chi connectivity index (χ1v) is 6.08. The SMILES string of the molecule is Cc1nn(C(F)F)c(C)c1CC(=O)N(C)C(C)CN.Cl. The van der Waals surface area contributed by atoms with Crippen LogP contribution in [0.2, 0.25) is 0 Å². The molecule has 1 atom stereocenters. The number of nitrogens with zero attached hydrogens (tertiary/aromatic N) is 3. The van der Waals surface area contributed by atoms with E-state index in [1.807, 2.05) is 6.92 Å². The average Bonchev–Trinajstić information content (AvgIpc) is 2.64. The van der Waals surface area contributed by atoms with Gasteiger partial charge in [0.1, 0.15) is 0 Å². The van der Waals surface area contributed by atoms with Gasteiger partial charge in [-0.05, 0) is 20.8 Å². The van der Waals surface area contributed by atoms with Gasteiger partial charge in [-0.1, -0.05) is 0 Å². The smallest absolute Gasteiger partial charge is 0.333 e. The van der Waals surface area contributed by atoms with E-state index >= 15 is 0 Å². The van der Waals surface area contributed by atoms with Gasteiger partial charge in [-0.25, -0.2) is 4.68 Å². The lowest BCUT2D eigenvalue weighted by atomic mass is 10.1. The van der Waals surface area contributed by atoms with Gasteiger partial charge in [0, 0.05) is 30.9 Å². The number of carbonyl (C=O) groups is 1. The molecule has 0 aliphatic rings. The zero-order valence-corrected chi connectivity index (χ0v) is 12.9. The Bertz CT molecular complexity index is 465. The molecule has 5 nitrogen and oxygen atoms in total. The molecule has 1 heterocycles. The van der Waals surface area contributed by atoms with Crippen LogP contribution in [0.1, 0.15) is 30.4 Å². The molecule has 0 saturated heterocycles. The topological polar surface area (TPSA) is 64.2 Å². The maximum Gasteiger partial charge on any atom is 0.333 e. The molecule has 8 heteroatoms. The molecule has 0 aliphatic carbocycles. The van der Waals surface area contributed by atoms with E-state index in [1.54, 1.807) is 20.9 Å². The number of likely N-dealkylation sites (N-methyl/N-ethyl adjacent to an activating group) is 1. The average molecular weight is 311 g/mol. The van der Waals surface area contributed by atoms with Crippen molar-refractivity contribution in [2.24, 2.45) is 5.73 Å². The summed E-state index contributed by atoms with van der Waals surface area (Å²) in [7, 11) is 1.65. The van der Waals surface area contributed by atoms with Gasteiger partial charge in [-0.2, -0.15) is 13.9 Å². The van der Waals surface area contributed by atoms with Crippen molar-refractivity contribution in [3.05, 3.63) is 17.0 Å². The number of aryl methyl sites for hydroxylation is 1. The van der Waals surface area contributed by atoms with Crippen LogP contribution in [0.15, 0.2) is 0 Å². The number of halogens is 3. The second kappa shape index (κ2) is 7.54. The highest BCUT2D eigenvalue weighted by Crippen LogP contribution is 2.20. The van der Waals surface area contributed by atoms with Crippen LogP contribution in [0.5, 0.6) is 0 Å². The van der Waals surface area contributed by atoms with E-state index in [-0.39, 0.29) is 30.8 Å². The first-order valence-electron chi connectivity index (χ1n) is 6.08. The number of alkyl halides is 2. The standard InChI is InChI=1S/C12H20F2N4O.ClH/c1-7(6-15)17(4)11(19)5-10-8(2)16-18(9(10)3)12(13)14;/h7,12H,5-6,15H2,1-4H3;1H. The number of carbonyl (C=O) groups excluding carboxylic acids is 1. The highest BCUT2D eigenvalue weighted by atomic mass is 35.5. The van der Waals surface area contributed by atoms with Crippen molar-refractivity contribution >= 4 is 18.3 Å². The van der Waals surface area contributed by atoms with Crippen molar-refractivity contribution in [3.63, 3.8) is 0 Å². The quantitative estimate of drug-likeness (QED) is 0.899. The summed E-state index contributed by atoms with van der Waals surface area (Å²) in [6.45, 7) is 2.67. The molecule has 0 saturated carbocycles. The fourth-order valence-electron chi connectivity index (χ4n) is 1.82. The third-order valence-electron chi connectivity index (χ3n) is 3.38. The number of nitrogens with two attached hydrogens (primary N) is 1. The Morgan fingerprint density at radius 2 is 2.00 bits per heavy atom. The van der Waals surface area contributed by atoms with Crippen LogP contribution in [0.25, 0.3) is 0 Å². The van der Waals surface area contributed by atoms with Crippen molar-refractivity contribution in [3.8, 4) is 0 Å². The number of hydrogen-bond donors (Lipinski definition) is 1. The lowest BCUT2D eigenvalue weighted by Crippen LogP contribution is -2.40. The monoisotopic (exact) mass is 310 g/mol. The van der Waals surface area contributed by atoms with Gasteiger partial charge in [-0.15, -0.1) is 12.4 Å². The third kappa shape index (κ3) is 3.89. The first-order chi connectivity index (χ1) is 8.79. The van der Waals surface area contributed by atoms with Crippen LogP contribution in [-0.2, 0) is 11.2 Å². The second-order valence-electron chi connectivity index (χ2n) is 4.64. The highest BCUT2D eigenvalue weighted by Gasteiger charge is 2.21. The number of aromatic nitrogens is 2. The molecular formula is C12H21ClF2N4O. The van der Waals surface area contributed by atoms with Gasteiger partial charge < -0.3 is 10.6 Å². The van der Waals surface area contributed by atoms with Crippen LogP contribution in [0, 0.1) is 13.8 Å². The van der Waals surface area contributed by atoms with E-state index in [9.17, 15) is 13.6 Å². The normalized spacial score (nSPS) is 12.2. The lowest BCUT2D eigenvalue weighted by Gasteiger charge is -2.23. The van der Waals surface area contributed by atoms with Crippen molar-refractivity contribution < 1.29 is 13.6 Å². The summed E-state index contributed by atoms with van der Waals surface area (Å²) in [6, 6.07) is -0.0849. The summed E-state index contributed by atoms with van der Waals surface area (Å²) in [6.07, 6.45) is 0.0607. The fourth-order valence-corrected chi connectivity index (χ4v) is 1.82. The molecule has 0 aromatic carbocycles. The van der Waals surface area contributed by atoms with Gasteiger partial charge in [-0.3, -0.25) is 4.79 Å². The molecule has 1 amide bonds. The zero-order chi connectivity index (χ0) is 14.7. The molecule has 20 heavy (non-hydrogen) atoms. The minimum absolute atomic E-state index is 0. The molecule has 116 valence electrons. The summed E-state index contributed by atoms with van der Waals surface area (Å²) in [4.78, 5) is 13.6. The second-order valence-corrected chi connectivity index (χ2v) is 4.64. The van der Waals surface area contributed by atoms with Crippen LogP contribution in [0.4, 0.5) is 8.78 Å². The molecule has 0 spiro atoms. The zero-order valence-electron chi connectivity index (χ0n) is 12.1. The Labute approximate surface area is 123 Å². The lowest BCUT2D eigenvalue weighted by molar-refractivity contribution is -0.130. The van der Waals surface area contributed by atoms with E-state index in [1.165, 1.54) is 4.90 Å². The molecule has 1 aromatic heterocycles. The predicted molar refractivity (Wildman–Crippen MR) is 75.2 cm³/mol. The summed E-state index contributed by atoms with van der Waals surface area (Å²) in [5.74, 6) is -0.155. The number of rotatable bonds is 5. The van der Waals surface area contributed by atoms with E-state index in [4.69, 9.17) is 5.73 Å². The molecule has 0 bridgehead atoms. The van der Waals surface area contributed by atoms with E-state index in [2.05, 4.69) is 5.10 Å². The molecular weight excluding hydrogens is 290 g/mol. The summed E-state index contributed by atoms with van der Waals surface area (Å²) < 4.78 is 26.0. The number of amides is 1. The largest absolute Gasteiger partial charge is 0.341 e.